The predicted molar refractivity (Wildman–Crippen MR) is 99.3 cm³/mol. The number of aliphatic hydroxyl groups is 1. The molecule has 5 nitrogen and oxygen atoms in total. The Morgan fingerprint density at radius 2 is 2.12 bits per heavy atom. The Labute approximate surface area is 151 Å². The first-order chi connectivity index (χ1) is 12.0. The number of aliphatic hydroxyl groups excluding tert-OH is 1. The Hall–Kier alpha value is -1.59. The van der Waals surface area contributed by atoms with Crippen molar-refractivity contribution in [2.45, 2.75) is 51.3 Å². The molecule has 2 fully saturated rings. The smallest absolute Gasteiger partial charge is 0.317 e. The van der Waals surface area contributed by atoms with Gasteiger partial charge in [0.05, 0.1) is 6.10 Å². The summed E-state index contributed by atoms with van der Waals surface area (Å²) in [7, 11) is 0. The van der Waals surface area contributed by atoms with Crippen molar-refractivity contribution in [1.29, 1.82) is 0 Å². The fourth-order valence-electron chi connectivity index (χ4n) is 4.10. The Morgan fingerprint density at radius 3 is 2.80 bits per heavy atom. The van der Waals surface area contributed by atoms with E-state index in [2.05, 4.69) is 41.4 Å². The van der Waals surface area contributed by atoms with Crippen LogP contribution >= 0.6 is 0 Å². The van der Waals surface area contributed by atoms with Crippen molar-refractivity contribution in [3.05, 3.63) is 35.9 Å². The summed E-state index contributed by atoms with van der Waals surface area (Å²) in [5.41, 5.74) is 1.33. The van der Waals surface area contributed by atoms with E-state index in [1.807, 2.05) is 17.9 Å². The summed E-state index contributed by atoms with van der Waals surface area (Å²) >= 11 is 0. The van der Waals surface area contributed by atoms with Crippen LogP contribution in [-0.2, 0) is 6.54 Å². The quantitative estimate of drug-likeness (QED) is 0.862. The fourth-order valence-corrected chi connectivity index (χ4v) is 4.10. The Bertz CT molecular complexity index is 578. The second-order valence-corrected chi connectivity index (χ2v) is 7.90. The number of carbonyl (C=O) groups is 1. The van der Waals surface area contributed by atoms with Crippen LogP contribution in [0.5, 0.6) is 0 Å². The number of carbonyl (C=O) groups excluding carboxylic acids is 1. The molecule has 0 aromatic heterocycles. The first-order valence-corrected chi connectivity index (χ1v) is 9.48. The third-order valence-electron chi connectivity index (χ3n) is 5.94. The fraction of sp³-hybridized carbons (Fsp3) is 0.650. The number of likely N-dealkylation sites (tertiary alicyclic amines) is 2. The summed E-state index contributed by atoms with van der Waals surface area (Å²) in [4.78, 5) is 16.8. The maximum Gasteiger partial charge on any atom is 0.317 e. The molecule has 1 aromatic rings. The van der Waals surface area contributed by atoms with E-state index in [4.69, 9.17) is 0 Å². The van der Waals surface area contributed by atoms with Crippen LogP contribution in [0, 0.1) is 5.92 Å². The zero-order valence-electron chi connectivity index (χ0n) is 15.4. The van der Waals surface area contributed by atoms with Gasteiger partial charge < -0.3 is 15.3 Å². The summed E-state index contributed by atoms with van der Waals surface area (Å²) in [6, 6.07) is 10.5. The van der Waals surface area contributed by atoms with Gasteiger partial charge in [-0.05, 0) is 45.2 Å². The first-order valence-electron chi connectivity index (χ1n) is 9.48. The number of nitrogens with zero attached hydrogens (tertiary/aromatic N) is 2. The Kier molecular flexibility index (Phi) is 5.64. The molecule has 0 bridgehead atoms. The molecule has 2 amide bonds. The van der Waals surface area contributed by atoms with Crippen LogP contribution in [0.2, 0.25) is 0 Å². The molecular weight excluding hydrogens is 314 g/mol. The third-order valence-corrected chi connectivity index (χ3v) is 5.94. The molecule has 0 saturated carbocycles. The van der Waals surface area contributed by atoms with Gasteiger partial charge in [0, 0.05) is 37.6 Å². The van der Waals surface area contributed by atoms with E-state index in [-0.39, 0.29) is 23.6 Å². The van der Waals surface area contributed by atoms with Gasteiger partial charge in [-0.1, -0.05) is 30.3 Å². The standard InChI is InChI=1S/C20H31N3O2/c1-16(24)18-9-12-22(14-18)19(25)21-15-20(2)10-6-11-23(20)13-17-7-4-3-5-8-17/h3-5,7-8,16,18,24H,6,9-15H2,1-2H3,(H,21,25)/t16-,18-,20-/m0/s1. The van der Waals surface area contributed by atoms with Crippen molar-refractivity contribution in [2.75, 3.05) is 26.2 Å². The SMILES string of the molecule is C[C@H](O)[C@H]1CCN(C(=O)NC[C@]2(C)CCCN2Cc2ccccc2)C1. The molecule has 138 valence electrons. The van der Waals surface area contributed by atoms with Gasteiger partial charge in [0.1, 0.15) is 0 Å². The van der Waals surface area contributed by atoms with Gasteiger partial charge in [-0.25, -0.2) is 4.79 Å². The number of hydrogen-bond donors (Lipinski definition) is 2. The number of hydrogen-bond acceptors (Lipinski definition) is 3. The van der Waals surface area contributed by atoms with Gasteiger partial charge in [0.15, 0.2) is 0 Å². The van der Waals surface area contributed by atoms with E-state index in [9.17, 15) is 9.90 Å². The largest absolute Gasteiger partial charge is 0.393 e. The zero-order valence-corrected chi connectivity index (χ0v) is 15.4. The van der Waals surface area contributed by atoms with Crippen molar-refractivity contribution >= 4 is 6.03 Å². The maximum atomic E-state index is 12.5. The van der Waals surface area contributed by atoms with Crippen molar-refractivity contribution in [2.24, 2.45) is 5.92 Å². The molecule has 2 saturated heterocycles. The molecule has 5 heteroatoms. The van der Waals surface area contributed by atoms with Crippen molar-refractivity contribution < 1.29 is 9.90 Å². The molecule has 2 aliphatic rings. The van der Waals surface area contributed by atoms with Crippen molar-refractivity contribution in [3.8, 4) is 0 Å². The average molecular weight is 345 g/mol. The molecule has 0 aliphatic carbocycles. The number of benzene rings is 1. The molecule has 2 heterocycles. The Morgan fingerprint density at radius 1 is 1.36 bits per heavy atom. The monoisotopic (exact) mass is 345 g/mol. The molecule has 3 rings (SSSR count). The molecular formula is C20H31N3O2. The molecule has 25 heavy (non-hydrogen) atoms. The van der Waals surface area contributed by atoms with Gasteiger partial charge in [-0.3, -0.25) is 4.90 Å². The van der Waals surface area contributed by atoms with Crippen LogP contribution in [0.25, 0.3) is 0 Å². The van der Waals surface area contributed by atoms with Crippen molar-refractivity contribution in [3.63, 3.8) is 0 Å². The maximum absolute atomic E-state index is 12.5. The average Bonchev–Trinajstić information content (AvgIpc) is 3.22. The molecule has 2 N–H and O–H groups in total. The molecule has 0 unspecified atom stereocenters. The third kappa shape index (κ3) is 4.33. The number of amides is 2. The normalized spacial score (nSPS) is 28.3. The van der Waals surface area contributed by atoms with Crippen LogP contribution in [-0.4, -0.2) is 58.8 Å². The van der Waals surface area contributed by atoms with Crippen LogP contribution < -0.4 is 5.32 Å². The summed E-state index contributed by atoms with van der Waals surface area (Å²) < 4.78 is 0. The molecule has 2 aliphatic heterocycles. The summed E-state index contributed by atoms with van der Waals surface area (Å²) in [5, 5.41) is 12.9. The van der Waals surface area contributed by atoms with Crippen molar-refractivity contribution in [1.82, 2.24) is 15.1 Å². The number of rotatable bonds is 5. The van der Waals surface area contributed by atoms with E-state index in [0.717, 1.165) is 32.5 Å². The zero-order chi connectivity index (χ0) is 17.9. The van der Waals surface area contributed by atoms with Crippen LogP contribution in [0.3, 0.4) is 0 Å². The predicted octanol–water partition coefficient (Wildman–Crippen LogP) is 2.45. The summed E-state index contributed by atoms with van der Waals surface area (Å²) in [5.74, 6) is 0.211. The second-order valence-electron chi connectivity index (χ2n) is 7.90. The Balaban J connectivity index is 1.53. The molecule has 0 radical (unpaired) electrons. The minimum atomic E-state index is -0.341. The highest BCUT2D eigenvalue weighted by Crippen LogP contribution is 2.30. The van der Waals surface area contributed by atoms with E-state index in [1.54, 1.807) is 0 Å². The van der Waals surface area contributed by atoms with Gasteiger partial charge in [-0.15, -0.1) is 0 Å². The highest BCUT2D eigenvalue weighted by atomic mass is 16.3. The number of urea groups is 1. The van der Waals surface area contributed by atoms with E-state index in [0.29, 0.717) is 13.1 Å². The molecule has 0 spiro atoms. The van der Waals surface area contributed by atoms with Gasteiger partial charge in [-0.2, -0.15) is 0 Å². The lowest BCUT2D eigenvalue weighted by Crippen LogP contribution is -2.51. The lowest BCUT2D eigenvalue weighted by Gasteiger charge is -2.36. The molecule has 1 aromatic carbocycles. The highest BCUT2D eigenvalue weighted by molar-refractivity contribution is 5.74. The minimum absolute atomic E-state index is 0.00883. The number of nitrogens with one attached hydrogen (secondary N) is 1. The second kappa shape index (κ2) is 7.75. The summed E-state index contributed by atoms with van der Waals surface area (Å²) in [6.45, 7) is 8.16. The summed E-state index contributed by atoms with van der Waals surface area (Å²) in [6.07, 6.45) is 2.83. The topological polar surface area (TPSA) is 55.8 Å². The van der Waals surface area contributed by atoms with Crippen LogP contribution in [0.1, 0.15) is 38.7 Å². The van der Waals surface area contributed by atoms with Gasteiger partial charge in [0.2, 0.25) is 0 Å². The van der Waals surface area contributed by atoms with E-state index >= 15 is 0 Å². The van der Waals surface area contributed by atoms with Gasteiger partial charge >= 0.3 is 6.03 Å². The van der Waals surface area contributed by atoms with Crippen LogP contribution in [0.15, 0.2) is 30.3 Å². The van der Waals surface area contributed by atoms with Crippen LogP contribution in [0.4, 0.5) is 4.79 Å². The lowest BCUT2D eigenvalue weighted by molar-refractivity contribution is 0.126. The lowest BCUT2D eigenvalue weighted by atomic mass is 9.98. The molecule has 3 atom stereocenters. The first kappa shape index (κ1) is 18.2. The van der Waals surface area contributed by atoms with E-state index < -0.39 is 0 Å². The van der Waals surface area contributed by atoms with E-state index in [1.165, 1.54) is 12.0 Å². The van der Waals surface area contributed by atoms with Gasteiger partial charge in [0.25, 0.3) is 0 Å². The minimum Gasteiger partial charge on any atom is -0.393 e. The highest BCUT2D eigenvalue weighted by Gasteiger charge is 2.37.